The normalized spacial score (nSPS) is 3.20. The summed E-state index contributed by atoms with van der Waals surface area (Å²) in [5.41, 5.74) is 0. The van der Waals surface area contributed by atoms with Crippen molar-refractivity contribution >= 4 is 11.6 Å². The van der Waals surface area contributed by atoms with Crippen molar-refractivity contribution in [1.82, 2.24) is 0 Å². The van der Waals surface area contributed by atoms with Crippen LogP contribution in [0.1, 0.15) is 0 Å². The van der Waals surface area contributed by atoms with Crippen LogP contribution in [-0.2, 0) is 11.6 Å². The van der Waals surface area contributed by atoms with Gasteiger partial charge < -0.3 is 0 Å². The molecule has 0 saturated heterocycles. The van der Waals surface area contributed by atoms with Gasteiger partial charge in [-0.2, -0.15) is 8.42 Å². The lowest BCUT2D eigenvalue weighted by Gasteiger charge is -0.947. The molecule has 0 bridgehead atoms. The molecule has 0 rings (SSSR count). The first-order chi connectivity index (χ1) is 2.41. The molecule has 0 fully saturated rings. The fourth-order valence-electron chi connectivity index (χ4n) is 0. The van der Waals surface area contributed by atoms with Crippen molar-refractivity contribution in [2.45, 2.75) is 0 Å². The summed E-state index contributed by atoms with van der Waals surface area (Å²) in [5, 5.41) is 0. The van der Waals surface area contributed by atoms with Crippen LogP contribution in [0.3, 0.4) is 0 Å². The predicted octanol–water partition coefficient (Wildman–Crippen LogP) is 0.132. The third kappa shape index (κ3) is 44.8. The van der Waals surface area contributed by atoms with Crippen LogP contribution in [0.5, 0.6) is 0 Å². The van der Waals surface area contributed by atoms with Gasteiger partial charge in [0.05, 0.1) is 0 Å². The second-order valence-electron chi connectivity index (χ2n) is 0.0680. The highest BCUT2D eigenvalue weighted by Crippen LogP contribution is 0.863. The molecule has 0 aromatic heterocycles. The molecule has 0 unspecified atom stereocenters. The summed E-state index contributed by atoms with van der Waals surface area (Å²) in [7, 11) is 0. The van der Waals surface area contributed by atoms with Gasteiger partial charge in [0.25, 0.3) is 0 Å². The van der Waals surface area contributed by atoms with E-state index >= 15 is 0 Å². The van der Waals surface area contributed by atoms with E-state index in [2.05, 4.69) is 13.2 Å². The average molecular weight is 92.1 g/mol. The number of rotatable bonds is 0. The monoisotopic (exact) mass is 92.0 g/mol. The molecular weight excluding hydrogens is 88.1 g/mol. The van der Waals surface area contributed by atoms with E-state index in [0.29, 0.717) is 0 Å². The Balaban J connectivity index is 0. The van der Waals surface area contributed by atoms with Gasteiger partial charge in [0.1, 0.15) is 0 Å². The first-order valence-electron chi connectivity index (χ1n) is 0.833. The van der Waals surface area contributed by atoms with Gasteiger partial charge in [-0.3, -0.25) is 0 Å². The van der Waals surface area contributed by atoms with Gasteiger partial charge in [0.15, 0.2) is 0 Å². The van der Waals surface area contributed by atoms with Crippen LogP contribution in [0.2, 0.25) is 0 Å². The van der Waals surface area contributed by atoms with E-state index in [1.54, 1.807) is 0 Å². The highest BCUT2D eigenvalue weighted by Gasteiger charge is 1.12. The Morgan fingerprint density at radius 3 is 1.20 bits per heavy atom. The zero-order valence-corrected chi connectivity index (χ0v) is 3.46. The van der Waals surface area contributed by atoms with Gasteiger partial charge in [0, 0.05) is 0 Å². The fourth-order valence-corrected chi connectivity index (χ4v) is 0. The van der Waals surface area contributed by atoms with E-state index in [-0.39, 0.29) is 0 Å². The summed E-state index contributed by atoms with van der Waals surface area (Å²) in [4.78, 5) is 0. The molecule has 3 heteroatoms. The molecule has 0 aliphatic rings. The molecule has 0 radical (unpaired) electrons. The lowest BCUT2D eigenvalue weighted by atomic mass is 11.3. The minimum absolute atomic E-state index is 0.750. The lowest BCUT2D eigenvalue weighted by molar-refractivity contribution is 0.630. The van der Waals surface area contributed by atoms with Crippen LogP contribution in [0.15, 0.2) is 13.2 Å². The van der Waals surface area contributed by atoms with Crippen molar-refractivity contribution in [1.29, 1.82) is 0 Å². The Kier molecular flexibility index (Phi) is 131. The zero-order chi connectivity index (χ0) is 4.71. The molecule has 0 N–H and O–H groups in total. The van der Waals surface area contributed by atoms with Crippen LogP contribution >= 0.6 is 0 Å². The molecule has 0 heterocycles. The predicted molar refractivity (Wildman–Crippen MR) is 20.2 cm³/mol. The molecule has 30 valence electrons. The first kappa shape index (κ1) is 8.82. The molecule has 5 heavy (non-hydrogen) atoms. The van der Waals surface area contributed by atoms with E-state index in [9.17, 15) is 0 Å². The van der Waals surface area contributed by atoms with Crippen LogP contribution < -0.4 is 0 Å². The Bertz CT molecular complexity index is 36.9. The highest BCUT2D eigenvalue weighted by atomic mass is 32.1. The third-order valence-corrected chi connectivity index (χ3v) is 0. The van der Waals surface area contributed by atoms with Crippen molar-refractivity contribution < 1.29 is 8.42 Å². The van der Waals surface area contributed by atoms with Gasteiger partial charge in [-0.15, -0.1) is 13.2 Å². The zero-order valence-electron chi connectivity index (χ0n) is 2.64. The summed E-state index contributed by atoms with van der Waals surface area (Å²) < 4.78 is 16.6. The highest BCUT2D eigenvalue weighted by molar-refractivity contribution is 7.51. The second-order valence-corrected chi connectivity index (χ2v) is 0.204. The van der Waals surface area contributed by atoms with Crippen molar-refractivity contribution in [3.05, 3.63) is 13.2 Å². The van der Waals surface area contributed by atoms with Gasteiger partial charge >= 0.3 is 11.6 Å². The molecule has 0 amide bonds. The van der Waals surface area contributed by atoms with Crippen LogP contribution in [-0.4, -0.2) is 8.42 Å². The smallest absolute Gasteiger partial charge is 0.168 e. The van der Waals surface area contributed by atoms with Crippen LogP contribution in [0.25, 0.3) is 0 Å². The lowest BCUT2D eigenvalue weighted by Crippen LogP contribution is -1.18. The van der Waals surface area contributed by atoms with E-state index in [1.807, 2.05) is 0 Å². The van der Waals surface area contributed by atoms with E-state index < -0.39 is 11.6 Å². The summed E-state index contributed by atoms with van der Waals surface area (Å²) in [6.45, 7) is 6.00. The Labute approximate surface area is 34.1 Å². The third-order valence-electron chi connectivity index (χ3n) is 0. The second kappa shape index (κ2) is 74.4. The topological polar surface area (TPSA) is 34.1 Å². The van der Waals surface area contributed by atoms with Gasteiger partial charge in [0.2, 0.25) is 0 Å². The van der Waals surface area contributed by atoms with Crippen molar-refractivity contribution in [2.75, 3.05) is 0 Å². The molecule has 0 saturated carbocycles. The van der Waals surface area contributed by atoms with Crippen molar-refractivity contribution in [3.8, 4) is 0 Å². The maximum atomic E-state index is 8.29. The Morgan fingerprint density at radius 2 is 1.20 bits per heavy atom. The minimum Gasteiger partial charge on any atom is -0.168 e. The Morgan fingerprint density at radius 1 is 1.20 bits per heavy atom. The fraction of sp³-hybridized carbons (Fsp3) is 0. The summed E-state index contributed by atoms with van der Waals surface area (Å²) in [6.07, 6.45) is 0. The molecule has 0 aliphatic carbocycles. The summed E-state index contributed by atoms with van der Waals surface area (Å²) >= 11 is -0.750. The van der Waals surface area contributed by atoms with E-state index in [0.717, 1.165) is 0 Å². The quantitative estimate of drug-likeness (QED) is 0.398. The number of hydrogen-bond acceptors (Lipinski definition) is 2. The molecule has 0 spiro atoms. The van der Waals surface area contributed by atoms with Crippen molar-refractivity contribution in [3.63, 3.8) is 0 Å². The van der Waals surface area contributed by atoms with Crippen LogP contribution in [0.4, 0.5) is 0 Å². The molecule has 0 aromatic rings. The molecule has 2 nitrogen and oxygen atoms in total. The molecule has 0 aliphatic heterocycles. The first-order valence-corrected chi connectivity index (χ1v) is 1.50. The van der Waals surface area contributed by atoms with Gasteiger partial charge in [-0.1, -0.05) is 0 Å². The van der Waals surface area contributed by atoms with Gasteiger partial charge in [-0.25, -0.2) is 0 Å². The maximum Gasteiger partial charge on any atom is 0.335 e. The molecular formula is C2H4O2S. The van der Waals surface area contributed by atoms with Crippen LogP contribution in [0, 0.1) is 0 Å². The maximum absolute atomic E-state index is 8.29. The Hall–Kier alpha value is -0.440. The van der Waals surface area contributed by atoms with Gasteiger partial charge in [-0.05, 0) is 0 Å². The number of hydrogen-bond donors (Lipinski definition) is 0. The standard InChI is InChI=1S/C2H4.O2S/c1-2;1-3-2/h1-2H2;. The minimum atomic E-state index is -0.750. The van der Waals surface area contributed by atoms with E-state index in [4.69, 9.17) is 8.42 Å². The molecule has 0 aromatic carbocycles. The summed E-state index contributed by atoms with van der Waals surface area (Å²) in [6, 6.07) is 0. The summed E-state index contributed by atoms with van der Waals surface area (Å²) in [5.74, 6) is 0. The largest absolute Gasteiger partial charge is 0.335 e. The SMILES string of the molecule is C=C.O=S=O. The average Bonchev–Trinajstić information content (AvgIpc) is 1.46. The van der Waals surface area contributed by atoms with Crippen molar-refractivity contribution in [2.24, 2.45) is 0 Å². The molecule has 0 atom stereocenters. The van der Waals surface area contributed by atoms with E-state index in [1.165, 1.54) is 0 Å².